The smallest absolute Gasteiger partial charge is 0.251 e. The molecule has 0 saturated heterocycles. The first-order valence-corrected chi connectivity index (χ1v) is 15.0. The third-order valence-corrected chi connectivity index (χ3v) is 8.36. The summed E-state index contributed by atoms with van der Waals surface area (Å²) in [6, 6.07) is 18.1. The van der Waals surface area contributed by atoms with Crippen molar-refractivity contribution in [3.63, 3.8) is 0 Å². The van der Waals surface area contributed by atoms with E-state index in [4.69, 9.17) is 4.74 Å². The van der Waals surface area contributed by atoms with Crippen LogP contribution in [-0.4, -0.2) is 48.3 Å². The SMILES string of the molecule is COCc1cc2cc(c1)C(=O)N[C@H]([C@H](O)CNC1(c3cc(C(C)C)ccn3)CC1)Cc1cccc(c1)CCCCN2. The number of pyridine rings is 1. The zero-order valence-electron chi connectivity index (χ0n) is 24.6. The highest BCUT2D eigenvalue weighted by atomic mass is 16.5. The van der Waals surface area contributed by atoms with Gasteiger partial charge in [0.15, 0.2) is 0 Å². The molecule has 3 aromatic rings. The van der Waals surface area contributed by atoms with Gasteiger partial charge in [-0.2, -0.15) is 0 Å². The van der Waals surface area contributed by atoms with Crippen LogP contribution in [0.3, 0.4) is 0 Å². The number of nitrogens with one attached hydrogen (secondary N) is 3. The van der Waals surface area contributed by atoms with E-state index < -0.39 is 12.1 Å². The molecule has 1 aliphatic carbocycles. The lowest BCUT2D eigenvalue weighted by atomic mass is 9.97. The number of rotatable bonds is 8. The lowest BCUT2D eigenvalue weighted by Gasteiger charge is -2.27. The monoisotopic (exact) mass is 556 g/mol. The molecule has 4 N–H and O–H groups in total. The largest absolute Gasteiger partial charge is 0.390 e. The van der Waals surface area contributed by atoms with Gasteiger partial charge >= 0.3 is 0 Å². The van der Waals surface area contributed by atoms with Crippen molar-refractivity contribution < 1.29 is 14.6 Å². The van der Waals surface area contributed by atoms with Gasteiger partial charge in [-0.1, -0.05) is 38.1 Å². The van der Waals surface area contributed by atoms with E-state index in [0.717, 1.165) is 61.2 Å². The van der Waals surface area contributed by atoms with Gasteiger partial charge in [0.1, 0.15) is 0 Å². The molecule has 1 saturated carbocycles. The molecule has 41 heavy (non-hydrogen) atoms. The van der Waals surface area contributed by atoms with Gasteiger partial charge in [0, 0.05) is 37.6 Å². The number of aliphatic hydroxyl groups is 1. The Morgan fingerprint density at radius 1 is 1.10 bits per heavy atom. The number of carbonyl (C=O) groups is 1. The van der Waals surface area contributed by atoms with Crippen LogP contribution in [-0.2, 0) is 29.7 Å². The van der Waals surface area contributed by atoms with Gasteiger partial charge in [-0.25, -0.2) is 0 Å². The summed E-state index contributed by atoms with van der Waals surface area (Å²) in [5.74, 6) is 0.227. The van der Waals surface area contributed by atoms with Crippen molar-refractivity contribution in [1.82, 2.24) is 15.6 Å². The average Bonchev–Trinajstić information content (AvgIpc) is 3.76. The molecule has 1 aromatic heterocycles. The predicted molar refractivity (Wildman–Crippen MR) is 163 cm³/mol. The summed E-state index contributed by atoms with van der Waals surface area (Å²) in [5, 5.41) is 21.8. The summed E-state index contributed by atoms with van der Waals surface area (Å²) in [4.78, 5) is 18.3. The molecule has 1 aliphatic heterocycles. The number of aliphatic hydroxyl groups excluding tert-OH is 1. The molecular formula is C34H44N4O3. The highest BCUT2D eigenvalue weighted by Gasteiger charge is 2.46. The number of benzene rings is 2. The Bertz CT molecular complexity index is 1340. The zero-order chi connectivity index (χ0) is 28.8. The lowest BCUT2D eigenvalue weighted by Crippen LogP contribution is -2.50. The van der Waals surface area contributed by atoms with E-state index >= 15 is 0 Å². The average molecular weight is 557 g/mol. The molecule has 1 amide bonds. The minimum absolute atomic E-state index is 0.200. The number of nitrogens with zero attached hydrogens (tertiary/aromatic N) is 1. The first kappa shape index (κ1) is 29.2. The zero-order valence-corrected chi connectivity index (χ0v) is 24.6. The predicted octanol–water partition coefficient (Wildman–Crippen LogP) is 5.08. The van der Waals surface area contributed by atoms with Gasteiger partial charge in [0.2, 0.25) is 0 Å². The van der Waals surface area contributed by atoms with Crippen LogP contribution >= 0.6 is 0 Å². The molecule has 0 spiro atoms. The number of ether oxygens (including phenoxy) is 1. The van der Waals surface area contributed by atoms with Crippen molar-refractivity contribution in [1.29, 1.82) is 0 Å². The fourth-order valence-electron chi connectivity index (χ4n) is 5.72. The molecule has 2 atom stereocenters. The summed E-state index contributed by atoms with van der Waals surface area (Å²) in [7, 11) is 1.66. The van der Waals surface area contributed by atoms with Gasteiger partial charge in [-0.3, -0.25) is 9.78 Å². The molecule has 218 valence electrons. The van der Waals surface area contributed by atoms with E-state index in [1.807, 2.05) is 24.4 Å². The summed E-state index contributed by atoms with van der Waals surface area (Å²) >= 11 is 0. The molecule has 0 unspecified atom stereocenters. The van der Waals surface area contributed by atoms with E-state index in [2.05, 4.69) is 71.2 Å². The van der Waals surface area contributed by atoms with Crippen LogP contribution in [0.5, 0.6) is 0 Å². The van der Waals surface area contributed by atoms with Crippen molar-refractivity contribution in [3.05, 3.63) is 94.3 Å². The van der Waals surface area contributed by atoms with Gasteiger partial charge in [-0.05, 0) is 97.0 Å². The fourth-order valence-corrected chi connectivity index (χ4v) is 5.72. The number of aryl methyl sites for hydroxylation is 1. The number of hydrogen-bond donors (Lipinski definition) is 4. The van der Waals surface area contributed by atoms with E-state index in [9.17, 15) is 9.90 Å². The normalized spacial score (nSPS) is 19.4. The number of methoxy groups -OCH3 is 1. The van der Waals surface area contributed by atoms with Crippen LogP contribution in [0.15, 0.2) is 60.8 Å². The molecule has 4 bridgehead atoms. The Morgan fingerprint density at radius 2 is 1.93 bits per heavy atom. The fraction of sp³-hybridized carbons (Fsp3) is 0.471. The lowest BCUT2D eigenvalue weighted by molar-refractivity contribution is 0.0821. The molecule has 7 heteroatoms. The van der Waals surface area contributed by atoms with Gasteiger partial charge < -0.3 is 25.8 Å². The summed E-state index contributed by atoms with van der Waals surface area (Å²) in [6.45, 7) is 5.99. The second-order valence-electron chi connectivity index (χ2n) is 12.0. The molecule has 1 fully saturated rings. The first-order valence-electron chi connectivity index (χ1n) is 15.0. The highest BCUT2D eigenvalue weighted by Crippen LogP contribution is 2.45. The van der Waals surface area contributed by atoms with Crippen molar-refractivity contribution in [2.24, 2.45) is 0 Å². The Hall–Kier alpha value is -3.26. The molecule has 5 rings (SSSR count). The second-order valence-corrected chi connectivity index (χ2v) is 12.0. The second kappa shape index (κ2) is 13.1. The van der Waals surface area contributed by atoms with Crippen LogP contribution in [0, 0.1) is 0 Å². The molecule has 2 heterocycles. The van der Waals surface area contributed by atoms with Crippen LogP contribution in [0.2, 0.25) is 0 Å². The quantitative estimate of drug-likeness (QED) is 0.309. The van der Waals surface area contributed by atoms with Crippen LogP contribution in [0.25, 0.3) is 0 Å². The summed E-state index contributed by atoms with van der Waals surface area (Å²) < 4.78 is 5.37. The number of fused-ring (bicyclic) bond motifs is 4. The van der Waals surface area contributed by atoms with E-state index in [1.54, 1.807) is 7.11 Å². The Kier molecular flexibility index (Phi) is 9.38. The van der Waals surface area contributed by atoms with Crippen LogP contribution in [0.1, 0.15) is 83.8 Å². The van der Waals surface area contributed by atoms with Gasteiger partial charge in [0.05, 0.1) is 30.0 Å². The molecular weight excluding hydrogens is 512 g/mol. The maximum atomic E-state index is 13.6. The minimum Gasteiger partial charge on any atom is -0.390 e. The van der Waals surface area contributed by atoms with E-state index in [-0.39, 0.29) is 11.4 Å². The van der Waals surface area contributed by atoms with Crippen molar-refractivity contribution >= 4 is 11.6 Å². The van der Waals surface area contributed by atoms with E-state index in [0.29, 0.717) is 31.1 Å². The summed E-state index contributed by atoms with van der Waals surface area (Å²) in [5.41, 5.74) is 6.88. The molecule has 2 aromatic carbocycles. The van der Waals surface area contributed by atoms with Crippen molar-refractivity contribution in [2.45, 2.75) is 82.6 Å². The third kappa shape index (κ3) is 7.53. The topological polar surface area (TPSA) is 95.5 Å². The number of amides is 1. The first-order chi connectivity index (χ1) is 19.8. The maximum absolute atomic E-state index is 13.6. The van der Waals surface area contributed by atoms with Crippen molar-refractivity contribution in [3.8, 4) is 0 Å². The Labute approximate surface area is 244 Å². The van der Waals surface area contributed by atoms with Crippen molar-refractivity contribution in [2.75, 3.05) is 25.5 Å². The molecule has 2 aliphatic rings. The third-order valence-electron chi connectivity index (χ3n) is 8.36. The van der Waals surface area contributed by atoms with Gasteiger partial charge in [-0.15, -0.1) is 0 Å². The number of aromatic nitrogens is 1. The minimum atomic E-state index is -0.788. The standard InChI is InChI=1S/C34H44N4O3/c1-23(2)27-10-14-36-32(20-27)34(11-12-34)37-21-31(39)30-18-25-9-6-8-24(15-25)7-4-5-13-35-29-17-26(22-41-3)16-28(19-29)33(40)38-30/h6,8-10,14-17,19-20,23,30-31,35,37,39H,4-5,7,11-13,18,21-22H2,1-3H3,(H,38,40)/t30-,31+/m0/s1. The Balaban J connectivity index is 1.38. The Morgan fingerprint density at radius 3 is 2.71 bits per heavy atom. The van der Waals surface area contributed by atoms with E-state index in [1.165, 1.54) is 11.1 Å². The van der Waals surface area contributed by atoms with Gasteiger partial charge in [0.25, 0.3) is 5.91 Å². The summed E-state index contributed by atoms with van der Waals surface area (Å²) in [6.07, 6.45) is 6.70. The molecule has 0 radical (unpaired) electrons. The number of anilines is 1. The highest BCUT2D eigenvalue weighted by molar-refractivity contribution is 5.95. The number of carbonyl (C=O) groups excluding carboxylic acids is 1. The van der Waals surface area contributed by atoms with Crippen LogP contribution in [0.4, 0.5) is 5.69 Å². The maximum Gasteiger partial charge on any atom is 0.251 e. The van der Waals surface area contributed by atoms with Crippen LogP contribution < -0.4 is 16.0 Å². The number of hydrogen-bond acceptors (Lipinski definition) is 6. The molecule has 7 nitrogen and oxygen atoms in total.